The zero-order valence-electron chi connectivity index (χ0n) is 14.4. The first-order valence-corrected chi connectivity index (χ1v) is 10.2. The van der Waals surface area contributed by atoms with Crippen molar-refractivity contribution in [2.45, 2.75) is 6.54 Å². The highest BCUT2D eigenvalue weighted by atomic mass is 79.9. The van der Waals surface area contributed by atoms with Crippen LogP contribution in [0.15, 0.2) is 69.4 Å². The number of hydrogen-bond acceptors (Lipinski definition) is 4. The van der Waals surface area contributed by atoms with Crippen molar-refractivity contribution < 1.29 is 10.0 Å². The molecule has 1 aromatic heterocycles. The largest absolute Gasteiger partial charge is 0.334 e. The monoisotopic (exact) mass is 478 g/mol. The summed E-state index contributed by atoms with van der Waals surface area (Å²) in [5.41, 5.74) is 4.38. The van der Waals surface area contributed by atoms with Crippen LogP contribution in [-0.4, -0.2) is 17.1 Å². The molecule has 0 atom stereocenters. The number of nitrogens with one attached hydrogen (secondary N) is 3. The molecule has 0 saturated carbocycles. The summed E-state index contributed by atoms with van der Waals surface area (Å²) in [6, 6.07) is 15.8. The van der Waals surface area contributed by atoms with Gasteiger partial charge in [0.15, 0.2) is 5.84 Å². The van der Waals surface area contributed by atoms with Crippen LogP contribution in [0.4, 0.5) is 16.2 Å². The van der Waals surface area contributed by atoms with E-state index < -0.39 is 0 Å². The lowest BCUT2D eigenvalue weighted by Gasteiger charge is -2.07. The molecule has 0 unspecified atom stereocenters. The van der Waals surface area contributed by atoms with Gasteiger partial charge in [0.1, 0.15) is 0 Å². The van der Waals surface area contributed by atoms with Crippen molar-refractivity contribution in [2.24, 2.45) is 4.99 Å². The fraction of sp³-hybridized carbons (Fsp3) is 0.0526. The molecule has 0 aliphatic heterocycles. The summed E-state index contributed by atoms with van der Waals surface area (Å²) in [4.78, 5) is 17.2. The summed E-state index contributed by atoms with van der Waals surface area (Å²) in [6.07, 6.45) is 0. The van der Waals surface area contributed by atoms with Crippen molar-refractivity contribution in [1.29, 1.82) is 0 Å². The molecule has 0 aliphatic carbocycles. The van der Waals surface area contributed by atoms with Gasteiger partial charge in [0.2, 0.25) is 0 Å². The van der Waals surface area contributed by atoms with Crippen LogP contribution in [0.5, 0.6) is 0 Å². The van der Waals surface area contributed by atoms with E-state index in [2.05, 4.69) is 37.0 Å². The molecule has 4 N–H and O–H groups in total. The Morgan fingerprint density at radius 3 is 2.68 bits per heavy atom. The number of aliphatic imine (C=N–C) groups is 1. The lowest BCUT2D eigenvalue weighted by atomic mass is 10.3. The molecule has 2 amide bonds. The van der Waals surface area contributed by atoms with Gasteiger partial charge in [-0.3, -0.25) is 10.7 Å². The fourth-order valence-corrected chi connectivity index (χ4v) is 3.66. The van der Waals surface area contributed by atoms with Crippen molar-refractivity contribution in [3.05, 3.63) is 79.9 Å². The number of halogens is 2. The summed E-state index contributed by atoms with van der Waals surface area (Å²) in [5.74, 6) is 0.333. The number of nitrogens with zero attached hydrogens (tertiary/aromatic N) is 1. The Morgan fingerprint density at radius 2 is 1.96 bits per heavy atom. The quantitative estimate of drug-likeness (QED) is 0.220. The molecule has 0 radical (unpaired) electrons. The van der Waals surface area contributed by atoms with E-state index in [0.29, 0.717) is 28.8 Å². The van der Waals surface area contributed by atoms with Crippen molar-refractivity contribution in [2.75, 3.05) is 5.32 Å². The number of carbonyl (C=O) groups is 1. The maximum atomic E-state index is 12.0. The van der Waals surface area contributed by atoms with E-state index in [1.807, 2.05) is 35.7 Å². The van der Waals surface area contributed by atoms with E-state index >= 15 is 0 Å². The van der Waals surface area contributed by atoms with Gasteiger partial charge in [-0.2, -0.15) is 0 Å². The fourth-order valence-electron chi connectivity index (χ4n) is 2.29. The number of anilines is 1. The Hall–Kier alpha value is -2.39. The minimum absolute atomic E-state index is 0.321. The first-order chi connectivity index (χ1) is 13.5. The number of benzene rings is 2. The molecule has 0 bridgehead atoms. The van der Waals surface area contributed by atoms with E-state index in [4.69, 9.17) is 11.6 Å². The predicted octanol–water partition coefficient (Wildman–Crippen LogP) is 5.54. The van der Waals surface area contributed by atoms with E-state index in [0.717, 1.165) is 14.9 Å². The minimum atomic E-state index is -0.321. The van der Waals surface area contributed by atoms with Crippen molar-refractivity contribution >= 4 is 62.1 Å². The molecular formula is C19H16BrClN4O2S. The van der Waals surface area contributed by atoms with E-state index in [1.165, 1.54) is 11.3 Å². The number of amidine groups is 1. The number of hydroxylamine groups is 1. The third kappa shape index (κ3) is 5.80. The standard InChI is InChI=1S/C19H16BrClN4O2S/c20-13-2-1-3-16(9-13)23-18(25-27)17-8-12(11-28-17)10-22-19(26)24-15-6-4-14(21)5-7-15/h1-9,11,27H,10H2,(H,23,25)(H2,22,24,26). The van der Waals surface area contributed by atoms with E-state index in [1.54, 1.807) is 24.3 Å². The lowest BCUT2D eigenvalue weighted by Crippen LogP contribution is -2.28. The van der Waals surface area contributed by atoms with Crippen LogP contribution in [0, 0.1) is 0 Å². The molecular weight excluding hydrogens is 464 g/mol. The van der Waals surface area contributed by atoms with Gasteiger partial charge in [0.05, 0.1) is 10.6 Å². The summed E-state index contributed by atoms with van der Waals surface area (Å²) in [5, 5.41) is 17.5. The Bertz CT molecular complexity index is 992. The number of rotatable bonds is 5. The topological polar surface area (TPSA) is 85.8 Å². The van der Waals surface area contributed by atoms with Gasteiger partial charge in [-0.25, -0.2) is 9.79 Å². The molecule has 0 fully saturated rings. The SMILES string of the molecule is O=C(NCc1csc(C(=Nc2cccc(Br)c2)NO)c1)Nc1ccc(Cl)cc1. The van der Waals surface area contributed by atoms with Crippen LogP contribution in [-0.2, 0) is 6.54 Å². The molecule has 2 aromatic carbocycles. The van der Waals surface area contributed by atoms with Gasteiger partial charge in [-0.05, 0) is 59.5 Å². The summed E-state index contributed by atoms with van der Waals surface area (Å²) in [6.45, 7) is 0.339. The summed E-state index contributed by atoms with van der Waals surface area (Å²) >= 11 is 10.6. The van der Waals surface area contributed by atoms with Gasteiger partial charge < -0.3 is 10.6 Å². The van der Waals surface area contributed by atoms with Gasteiger partial charge in [-0.1, -0.05) is 33.6 Å². The number of urea groups is 1. The second-order valence-electron chi connectivity index (χ2n) is 5.69. The Labute approximate surface area is 179 Å². The highest BCUT2D eigenvalue weighted by molar-refractivity contribution is 9.10. The molecule has 144 valence electrons. The zero-order chi connectivity index (χ0) is 19.9. The zero-order valence-corrected chi connectivity index (χ0v) is 17.6. The Balaban J connectivity index is 1.61. The highest BCUT2D eigenvalue weighted by Gasteiger charge is 2.09. The summed E-state index contributed by atoms with van der Waals surface area (Å²) in [7, 11) is 0. The second-order valence-corrected chi connectivity index (χ2v) is 7.95. The van der Waals surface area contributed by atoms with Crippen LogP contribution in [0.2, 0.25) is 5.02 Å². The number of hydrogen-bond donors (Lipinski definition) is 4. The second kappa shape index (κ2) is 9.70. The van der Waals surface area contributed by atoms with E-state index in [-0.39, 0.29) is 6.03 Å². The average Bonchev–Trinajstić information content (AvgIpc) is 3.15. The lowest BCUT2D eigenvalue weighted by molar-refractivity contribution is 0.235. The van der Waals surface area contributed by atoms with Crippen molar-refractivity contribution in [3.8, 4) is 0 Å². The van der Waals surface area contributed by atoms with Crippen LogP contribution < -0.4 is 16.1 Å². The van der Waals surface area contributed by atoms with Gasteiger partial charge in [0.25, 0.3) is 0 Å². The minimum Gasteiger partial charge on any atom is -0.334 e. The van der Waals surface area contributed by atoms with Gasteiger partial charge in [-0.15, -0.1) is 11.3 Å². The maximum Gasteiger partial charge on any atom is 0.319 e. The Morgan fingerprint density at radius 1 is 1.18 bits per heavy atom. The first-order valence-electron chi connectivity index (χ1n) is 8.16. The third-order valence-electron chi connectivity index (χ3n) is 3.60. The smallest absolute Gasteiger partial charge is 0.319 e. The predicted molar refractivity (Wildman–Crippen MR) is 117 cm³/mol. The maximum absolute atomic E-state index is 12.0. The third-order valence-corrected chi connectivity index (χ3v) is 5.33. The first kappa shape index (κ1) is 20.3. The van der Waals surface area contributed by atoms with Crippen LogP contribution >= 0.6 is 38.9 Å². The molecule has 0 aliphatic rings. The number of carbonyl (C=O) groups excluding carboxylic acids is 1. The molecule has 9 heteroatoms. The normalized spacial score (nSPS) is 11.2. The molecule has 0 spiro atoms. The van der Waals surface area contributed by atoms with Crippen molar-refractivity contribution in [1.82, 2.24) is 10.8 Å². The number of thiophene rings is 1. The van der Waals surface area contributed by atoms with Crippen LogP contribution in [0.3, 0.4) is 0 Å². The average molecular weight is 480 g/mol. The highest BCUT2D eigenvalue weighted by Crippen LogP contribution is 2.21. The molecule has 0 saturated heterocycles. The summed E-state index contributed by atoms with van der Waals surface area (Å²) < 4.78 is 0.897. The van der Waals surface area contributed by atoms with Gasteiger partial charge in [0, 0.05) is 21.7 Å². The van der Waals surface area contributed by atoms with Crippen molar-refractivity contribution in [3.63, 3.8) is 0 Å². The van der Waals surface area contributed by atoms with Crippen LogP contribution in [0.25, 0.3) is 0 Å². The Kier molecular flexibility index (Phi) is 7.05. The molecule has 3 aromatic rings. The van der Waals surface area contributed by atoms with Crippen LogP contribution in [0.1, 0.15) is 10.4 Å². The molecule has 28 heavy (non-hydrogen) atoms. The van der Waals surface area contributed by atoms with E-state index in [9.17, 15) is 10.0 Å². The number of amides is 2. The molecule has 1 heterocycles. The molecule has 3 rings (SSSR count). The van der Waals surface area contributed by atoms with Gasteiger partial charge >= 0.3 is 6.03 Å². The molecule has 6 nitrogen and oxygen atoms in total.